The van der Waals surface area contributed by atoms with Crippen molar-refractivity contribution in [2.24, 2.45) is 11.8 Å². The molecular formula is C18H25NO4. The molecule has 0 aromatic heterocycles. The molecule has 126 valence electrons. The number of carboxylic acids is 1. The van der Waals surface area contributed by atoms with Gasteiger partial charge in [-0.05, 0) is 50.8 Å². The highest BCUT2D eigenvalue weighted by molar-refractivity contribution is 5.80. The second kappa shape index (κ2) is 7.99. The van der Waals surface area contributed by atoms with Gasteiger partial charge < -0.3 is 15.2 Å². The van der Waals surface area contributed by atoms with Crippen LogP contribution in [0.2, 0.25) is 0 Å². The van der Waals surface area contributed by atoms with E-state index in [1.54, 1.807) is 0 Å². The van der Waals surface area contributed by atoms with Crippen molar-refractivity contribution >= 4 is 11.9 Å². The Labute approximate surface area is 137 Å². The van der Waals surface area contributed by atoms with E-state index in [9.17, 15) is 9.59 Å². The number of nitrogens with one attached hydrogen (secondary N) is 1. The zero-order valence-corrected chi connectivity index (χ0v) is 13.7. The first-order valence-electron chi connectivity index (χ1n) is 8.19. The maximum atomic E-state index is 12.2. The van der Waals surface area contributed by atoms with Crippen LogP contribution in [0.4, 0.5) is 0 Å². The molecule has 3 atom stereocenters. The first kappa shape index (κ1) is 17.3. The monoisotopic (exact) mass is 319 g/mol. The van der Waals surface area contributed by atoms with E-state index in [0.717, 1.165) is 24.2 Å². The minimum atomic E-state index is -0.793. The summed E-state index contributed by atoms with van der Waals surface area (Å²) in [6, 6.07) is 7.78. The second-order valence-electron chi connectivity index (χ2n) is 6.39. The molecule has 23 heavy (non-hydrogen) atoms. The van der Waals surface area contributed by atoms with Gasteiger partial charge in [-0.2, -0.15) is 0 Å². The third-order valence-corrected chi connectivity index (χ3v) is 4.28. The van der Waals surface area contributed by atoms with E-state index < -0.39 is 5.97 Å². The number of ether oxygens (including phenoxy) is 1. The molecule has 2 rings (SSSR count). The molecule has 1 aromatic rings. The van der Waals surface area contributed by atoms with Gasteiger partial charge in [0.1, 0.15) is 11.9 Å². The largest absolute Gasteiger partial charge is 0.489 e. The summed E-state index contributed by atoms with van der Waals surface area (Å²) in [5.41, 5.74) is 1.13. The fourth-order valence-electron chi connectivity index (χ4n) is 3.00. The van der Waals surface area contributed by atoms with Gasteiger partial charge in [0, 0.05) is 5.92 Å². The first-order valence-corrected chi connectivity index (χ1v) is 8.19. The highest BCUT2D eigenvalue weighted by Crippen LogP contribution is 2.29. The normalized spacial score (nSPS) is 22.2. The standard InChI is InChI=1S/C18H25NO4/c1-12-5-3-8-16(9-12)23-13(2)11-19-17(20)14-6-4-7-15(10-14)18(21)22/h3,5,8-9,13-15H,4,6-7,10-11H2,1-2H3,(H,19,20)(H,21,22). The van der Waals surface area contributed by atoms with E-state index in [-0.39, 0.29) is 23.8 Å². The Morgan fingerprint density at radius 2 is 2.09 bits per heavy atom. The number of carboxylic acid groups (broad SMARTS) is 1. The minimum absolute atomic E-state index is 0.0596. The van der Waals surface area contributed by atoms with E-state index in [2.05, 4.69) is 5.32 Å². The van der Waals surface area contributed by atoms with Crippen molar-refractivity contribution in [3.05, 3.63) is 29.8 Å². The van der Waals surface area contributed by atoms with Crippen LogP contribution in [-0.2, 0) is 9.59 Å². The van der Waals surface area contributed by atoms with Gasteiger partial charge in [0.15, 0.2) is 0 Å². The van der Waals surface area contributed by atoms with E-state index >= 15 is 0 Å². The summed E-state index contributed by atoms with van der Waals surface area (Å²) in [5, 5.41) is 12.0. The van der Waals surface area contributed by atoms with Gasteiger partial charge >= 0.3 is 5.97 Å². The smallest absolute Gasteiger partial charge is 0.306 e. The van der Waals surface area contributed by atoms with Crippen molar-refractivity contribution in [3.8, 4) is 5.75 Å². The highest BCUT2D eigenvalue weighted by Gasteiger charge is 2.30. The van der Waals surface area contributed by atoms with Crippen LogP contribution in [0.15, 0.2) is 24.3 Å². The van der Waals surface area contributed by atoms with Gasteiger partial charge in [-0.1, -0.05) is 18.6 Å². The van der Waals surface area contributed by atoms with Crippen molar-refractivity contribution in [3.63, 3.8) is 0 Å². The predicted molar refractivity (Wildman–Crippen MR) is 87.4 cm³/mol. The van der Waals surface area contributed by atoms with E-state index in [0.29, 0.717) is 19.4 Å². The van der Waals surface area contributed by atoms with Crippen LogP contribution < -0.4 is 10.1 Å². The lowest BCUT2D eigenvalue weighted by Crippen LogP contribution is -2.39. The molecule has 2 N–H and O–H groups in total. The molecule has 1 aliphatic carbocycles. The van der Waals surface area contributed by atoms with Crippen LogP contribution >= 0.6 is 0 Å². The summed E-state index contributed by atoms with van der Waals surface area (Å²) in [6.45, 7) is 4.33. The molecule has 1 aromatic carbocycles. The van der Waals surface area contributed by atoms with Crippen LogP contribution in [-0.4, -0.2) is 29.6 Å². The van der Waals surface area contributed by atoms with E-state index in [1.165, 1.54) is 0 Å². The number of carbonyl (C=O) groups is 2. The molecule has 5 nitrogen and oxygen atoms in total. The molecule has 0 saturated heterocycles. The number of benzene rings is 1. The number of rotatable bonds is 6. The fraction of sp³-hybridized carbons (Fsp3) is 0.556. The number of aliphatic carboxylic acids is 1. The molecule has 0 radical (unpaired) electrons. The predicted octanol–water partition coefficient (Wildman–Crippen LogP) is 2.77. The SMILES string of the molecule is Cc1cccc(OC(C)CNC(=O)C2CCCC(C(=O)O)C2)c1. The molecule has 0 heterocycles. The van der Waals surface area contributed by atoms with Crippen molar-refractivity contribution < 1.29 is 19.4 Å². The molecule has 0 bridgehead atoms. The van der Waals surface area contributed by atoms with E-state index in [1.807, 2.05) is 38.1 Å². The van der Waals surface area contributed by atoms with Crippen LogP contribution in [0.25, 0.3) is 0 Å². The lowest BCUT2D eigenvalue weighted by molar-refractivity contribution is -0.144. The lowest BCUT2D eigenvalue weighted by atomic mass is 9.81. The molecule has 0 spiro atoms. The zero-order chi connectivity index (χ0) is 16.8. The summed E-state index contributed by atoms with van der Waals surface area (Å²) in [7, 11) is 0. The topological polar surface area (TPSA) is 75.6 Å². The van der Waals surface area contributed by atoms with Gasteiger partial charge in [-0.3, -0.25) is 9.59 Å². The average molecular weight is 319 g/mol. The Kier molecular flexibility index (Phi) is 6.02. The van der Waals surface area contributed by atoms with Gasteiger partial charge in [-0.15, -0.1) is 0 Å². The zero-order valence-electron chi connectivity index (χ0n) is 13.7. The first-order chi connectivity index (χ1) is 11.0. The average Bonchev–Trinajstić information content (AvgIpc) is 2.52. The summed E-state index contributed by atoms with van der Waals surface area (Å²) < 4.78 is 5.78. The number of amides is 1. The van der Waals surface area contributed by atoms with Crippen molar-refractivity contribution in [1.82, 2.24) is 5.32 Å². The van der Waals surface area contributed by atoms with Crippen molar-refractivity contribution in [1.29, 1.82) is 0 Å². The van der Waals surface area contributed by atoms with Gasteiger partial charge in [0.25, 0.3) is 0 Å². The summed E-state index contributed by atoms with van der Waals surface area (Å²) >= 11 is 0. The third-order valence-electron chi connectivity index (χ3n) is 4.28. The number of aryl methyl sites for hydroxylation is 1. The Balaban J connectivity index is 1.78. The van der Waals surface area contributed by atoms with Crippen LogP contribution in [0.5, 0.6) is 5.75 Å². The molecule has 0 aliphatic heterocycles. The second-order valence-corrected chi connectivity index (χ2v) is 6.39. The lowest BCUT2D eigenvalue weighted by Gasteiger charge is -2.26. The van der Waals surface area contributed by atoms with Gasteiger partial charge in [0.2, 0.25) is 5.91 Å². The number of carbonyl (C=O) groups excluding carboxylic acids is 1. The molecule has 1 amide bonds. The molecule has 1 fully saturated rings. The summed E-state index contributed by atoms with van der Waals surface area (Å²) in [5.74, 6) is -0.652. The number of hydrogen-bond donors (Lipinski definition) is 2. The Bertz CT molecular complexity index is 558. The quantitative estimate of drug-likeness (QED) is 0.845. The van der Waals surface area contributed by atoms with Gasteiger partial charge in [0.05, 0.1) is 12.5 Å². The van der Waals surface area contributed by atoms with E-state index in [4.69, 9.17) is 9.84 Å². The Morgan fingerprint density at radius 3 is 2.78 bits per heavy atom. The molecule has 5 heteroatoms. The van der Waals surface area contributed by atoms with Crippen LogP contribution in [0, 0.1) is 18.8 Å². The minimum Gasteiger partial charge on any atom is -0.489 e. The highest BCUT2D eigenvalue weighted by atomic mass is 16.5. The van der Waals surface area contributed by atoms with Crippen LogP contribution in [0.3, 0.4) is 0 Å². The van der Waals surface area contributed by atoms with Gasteiger partial charge in [-0.25, -0.2) is 0 Å². The third kappa shape index (κ3) is 5.27. The van der Waals surface area contributed by atoms with Crippen molar-refractivity contribution in [2.75, 3.05) is 6.54 Å². The Hall–Kier alpha value is -2.04. The maximum absolute atomic E-state index is 12.2. The van der Waals surface area contributed by atoms with Crippen molar-refractivity contribution in [2.45, 2.75) is 45.6 Å². The summed E-state index contributed by atoms with van der Waals surface area (Å²) in [4.78, 5) is 23.3. The number of hydrogen-bond acceptors (Lipinski definition) is 3. The maximum Gasteiger partial charge on any atom is 0.306 e. The fourth-order valence-corrected chi connectivity index (χ4v) is 3.00. The van der Waals surface area contributed by atoms with Crippen LogP contribution in [0.1, 0.15) is 38.2 Å². The summed E-state index contributed by atoms with van der Waals surface area (Å²) in [6.07, 6.45) is 2.53. The Morgan fingerprint density at radius 1 is 1.35 bits per heavy atom. The molecule has 1 saturated carbocycles. The molecule has 3 unspecified atom stereocenters. The molecular weight excluding hydrogens is 294 g/mol. The molecule has 1 aliphatic rings.